The summed E-state index contributed by atoms with van der Waals surface area (Å²) in [5, 5.41) is 0. The molecule has 1 aliphatic carbocycles. The van der Waals surface area contributed by atoms with Crippen molar-refractivity contribution in [2.24, 2.45) is 0 Å². The molecule has 1 unspecified atom stereocenters. The van der Waals surface area contributed by atoms with E-state index in [-0.39, 0.29) is 5.92 Å². The summed E-state index contributed by atoms with van der Waals surface area (Å²) < 4.78 is 0. The van der Waals surface area contributed by atoms with Gasteiger partial charge in [0.1, 0.15) is 0 Å². The van der Waals surface area contributed by atoms with Crippen LogP contribution in [0.3, 0.4) is 0 Å². The zero-order valence-electron chi connectivity index (χ0n) is 7.96. The Morgan fingerprint density at radius 2 is 1.92 bits per heavy atom. The Bertz CT molecular complexity index is 322. The molecule has 1 aromatic rings. The van der Waals surface area contributed by atoms with E-state index >= 15 is 0 Å². The lowest BCUT2D eigenvalue weighted by atomic mass is 9.99. The predicted molar refractivity (Wildman–Crippen MR) is 55.7 cm³/mol. The van der Waals surface area contributed by atoms with Crippen LogP contribution in [0.2, 0.25) is 0 Å². The topological polar surface area (TPSA) is 0 Å². The molecule has 0 nitrogen and oxygen atoms in total. The standard InChI is InChI=1S/C13H14/c1-3-10(2)11-4-6-12(7-5-11)13-8-9-13/h1,4-7,10,13H,8-9H2,2H3. The van der Waals surface area contributed by atoms with Crippen molar-refractivity contribution in [3.63, 3.8) is 0 Å². The van der Waals surface area contributed by atoms with Crippen LogP contribution in [0.4, 0.5) is 0 Å². The maximum absolute atomic E-state index is 5.36. The summed E-state index contributed by atoms with van der Waals surface area (Å²) in [5.74, 6) is 3.83. The second-order valence-electron chi connectivity index (χ2n) is 3.83. The fraction of sp³-hybridized carbons (Fsp3) is 0.385. The van der Waals surface area contributed by atoms with Gasteiger partial charge in [-0.2, -0.15) is 0 Å². The van der Waals surface area contributed by atoms with Crippen LogP contribution in [0, 0.1) is 12.3 Å². The van der Waals surface area contributed by atoms with Gasteiger partial charge in [0.25, 0.3) is 0 Å². The Hall–Kier alpha value is -1.22. The first kappa shape index (κ1) is 8.38. The molecule has 1 saturated carbocycles. The van der Waals surface area contributed by atoms with Crippen LogP contribution in [0.25, 0.3) is 0 Å². The highest BCUT2D eigenvalue weighted by Crippen LogP contribution is 2.40. The van der Waals surface area contributed by atoms with Crippen molar-refractivity contribution in [3.8, 4) is 12.3 Å². The molecule has 0 aliphatic heterocycles. The minimum Gasteiger partial charge on any atom is -0.119 e. The van der Waals surface area contributed by atoms with Crippen LogP contribution in [0.5, 0.6) is 0 Å². The van der Waals surface area contributed by atoms with E-state index in [9.17, 15) is 0 Å². The molecule has 0 heteroatoms. The van der Waals surface area contributed by atoms with Gasteiger partial charge < -0.3 is 0 Å². The van der Waals surface area contributed by atoms with Crippen LogP contribution < -0.4 is 0 Å². The molecule has 1 atom stereocenters. The molecule has 13 heavy (non-hydrogen) atoms. The zero-order chi connectivity index (χ0) is 9.26. The Morgan fingerprint density at radius 3 is 2.38 bits per heavy atom. The highest BCUT2D eigenvalue weighted by atomic mass is 14.3. The Kier molecular flexibility index (Phi) is 2.10. The maximum Gasteiger partial charge on any atom is 0.0421 e. The fourth-order valence-electron chi connectivity index (χ4n) is 1.57. The lowest BCUT2D eigenvalue weighted by Gasteiger charge is -2.05. The van der Waals surface area contributed by atoms with E-state index in [1.807, 2.05) is 0 Å². The zero-order valence-corrected chi connectivity index (χ0v) is 7.96. The molecule has 0 heterocycles. The van der Waals surface area contributed by atoms with Crippen molar-refractivity contribution >= 4 is 0 Å². The quantitative estimate of drug-likeness (QED) is 0.597. The molecule has 1 aromatic carbocycles. The molecule has 0 saturated heterocycles. The summed E-state index contributed by atoms with van der Waals surface area (Å²) in [5.41, 5.74) is 2.74. The van der Waals surface area contributed by atoms with Crippen molar-refractivity contribution in [3.05, 3.63) is 35.4 Å². The van der Waals surface area contributed by atoms with Crippen molar-refractivity contribution in [2.75, 3.05) is 0 Å². The monoisotopic (exact) mass is 170 g/mol. The van der Waals surface area contributed by atoms with E-state index in [0.29, 0.717) is 0 Å². The Labute approximate surface area is 80.0 Å². The average molecular weight is 170 g/mol. The minimum atomic E-state index is 0.244. The average Bonchev–Trinajstić information content (AvgIpc) is 3.00. The van der Waals surface area contributed by atoms with Crippen LogP contribution in [-0.4, -0.2) is 0 Å². The molecule has 1 aliphatic rings. The smallest absolute Gasteiger partial charge is 0.0421 e. The van der Waals surface area contributed by atoms with Gasteiger partial charge in [0.05, 0.1) is 0 Å². The third kappa shape index (κ3) is 1.75. The summed E-state index contributed by atoms with van der Waals surface area (Å²) in [4.78, 5) is 0. The number of benzene rings is 1. The van der Waals surface area contributed by atoms with Crippen molar-refractivity contribution in [1.82, 2.24) is 0 Å². The molecule has 2 rings (SSSR count). The molecule has 0 spiro atoms. The minimum absolute atomic E-state index is 0.244. The number of hydrogen-bond acceptors (Lipinski definition) is 0. The number of hydrogen-bond donors (Lipinski definition) is 0. The summed E-state index contributed by atoms with van der Waals surface area (Å²) in [7, 11) is 0. The highest BCUT2D eigenvalue weighted by molar-refractivity contribution is 5.32. The van der Waals surface area contributed by atoms with Gasteiger partial charge in [-0.1, -0.05) is 30.2 Å². The second-order valence-corrected chi connectivity index (χ2v) is 3.83. The van der Waals surface area contributed by atoms with E-state index in [0.717, 1.165) is 5.92 Å². The van der Waals surface area contributed by atoms with Crippen LogP contribution in [-0.2, 0) is 0 Å². The molecule has 66 valence electrons. The van der Waals surface area contributed by atoms with Gasteiger partial charge in [-0.05, 0) is 36.8 Å². The first-order valence-corrected chi connectivity index (χ1v) is 4.87. The molecule has 0 bridgehead atoms. The highest BCUT2D eigenvalue weighted by Gasteiger charge is 2.22. The number of terminal acetylenes is 1. The van der Waals surface area contributed by atoms with Gasteiger partial charge in [0.2, 0.25) is 0 Å². The fourth-order valence-corrected chi connectivity index (χ4v) is 1.57. The summed E-state index contributed by atoms with van der Waals surface area (Å²) in [6, 6.07) is 8.78. The van der Waals surface area contributed by atoms with Crippen LogP contribution in [0.15, 0.2) is 24.3 Å². The van der Waals surface area contributed by atoms with Crippen LogP contribution in [0.1, 0.15) is 42.7 Å². The van der Waals surface area contributed by atoms with Gasteiger partial charge in [0, 0.05) is 5.92 Å². The van der Waals surface area contributed by atoms with Gasteiger partial charge in [-0.15, -0.1) is 6.42 Å². The molecular formula is C13H14. The summed E-state index contributed by atoms with van der Waals surface area (Å²) in [6.45, 7) is 2.06. The largest absolute Gasteiger partial charge is 0.119 e. The lowest BCUT2D eigenvalue weighted by Crippen LogP contribution is -1.89. The second kappa shape index (κ2) is 3.26. The molecular weight excluding hydrogens is 156 g/mol. The van der Waals surface area contributed by atoms with Gasteiger partial charge >= 0.3 is 0 Å². The van der Waals surface area contributed by atoms with Crippen molar-refractivity contribution < 1.29 is 0 Å². The first-order valence-electron chi connectivity index (χ1n) is 4.87. The molecule has 1 fully saturated rings. The van der Waals surface area contributed by atoms with E-state index in [4.69, 9.17) is 6.42 Å². The number of rotatable bonds is 2. The Balaban J connectivity index is 2.18. The lowest BCUT2D eigenvalue weighted by molar-refractivity contribution is 0.998. The van der Waals surface area contributed by atoms with E-state index < -0.39 is 0 Å². The summed E-state index contributed by atoms with van der Waals surface area (Å²) >= 11 is 0. The Morgan fingerprint density at radius 1 is 1.31 bits per heavy atom. The third-order valence-corrected chi connectivity index (χ3v) is 2.74. The van der Waals surface area contributed by atoms with Crippen molar-refractivity contribution in [1.29, 1.82) is 0 Å². The van der Waals surface area contributed by atoms with E-state index in [1.54, 1.807) is 0 Å². The third-order valence-electron chi connectivity index (χ3n) is 2.74. The SMILES string of the molecule is C#CC(C)c1ccc(C2CC2)cc1. The molecule has 0 radical (unpaired) electrons. The van der Waals surface area contributed by atoms with E-state index in [2.05, 4.69) is 37.1 Å². The predicted octanol–water partition coefficient (Wildman–Crippen LogP) is 3.30. The van der Waals surface area contributed by atoms with Crippen LogP contribution >= 0.6 is 0 Å². The van der Waals surface area contributed by atoms with Crippen molar-refractivity contribution in [2.45, 2.75) is 31.6 Å². The van der Waals surface area contributed by atoms with Gasteiger partial charge in [0.15, 0.2) is 0 Å². The van der Waals surface area contributed by atoms with E-state index in [1.165, 1.54) is 24.0 Å². The molecule has 0 N–H and O–H groups in total. The molecule has 0 amide bonds. The molecule has 0 aromatic heterocycles. The van der Waals surface area contributed by atoms with Gasteiger partial charge in [-0.3, -0.25) is 0 Å². The first-order chi connectivity index (χ1) is 6.31. The normalized spacial score (nSPS) is 17.8. The maximum atomic E-state index is 5.36. The van der Waals surface area contributed by atoms with Gasteiger partial charge in [-0.25, -0.2) is 0 Å². The summed E-state index contributed by atoms with van der Waals surface area (Å²) in [6.07, 6.45) is 8.09.